The van der Waals surface area contributed by atoms with Gasteiger partial charge in [-0.1, -0.05) is 20.8 Å². The molecule has 3 aliphatic carbocycles. The Bertz CT molecular complexity index is 1280. The zero-order chi connectivity index (χ0) is 30.3. The molecule has 230 valence electrons. The summed E-state index contributed by atoms with van der Waals surface area (Å²) in [5, 5.41) is 46.8. The van der Waals surface area contributed by atoms with Crippen LogP contribution >= 0.6 is 0 Å². The number of esters is 2. The third kappa shape index (κ3) is 5.75. The molecule has 13 heteroatoms. The molecule has 4 N–H and O–H groups in total. The van der Waals surface area contributed by atoms with E-state index in [1.807, 2.05) is 0 Å². The monoisotopic (exact) mass is 1030 g/mol. The molecule has 0 amide bonds. The number of ketones is 1. The quantitative estimate of drug-likeness (QED) is 0.247. The second kappa shape index (κ2) is 13.1. The zero-order valence-electron chi connectivity index (χ0n) is 25.0. The van der Waals surface area contributed by atoms with Gasteiger partial charge in [0.25, 0.3) is 0 Å². The minimum absolute atomic E-state index is 0. The predicted octanol–water partition coefficient (Wildman–Crippen LogP) is 1.25. The number of furan rings is 1. The average Bonchev–Trinajstić information content (AvgIpc) is 3.43. The van der Waals surface area contributed by atoms with E-state index in [0.717, 1.165) is 0 Å². The van der Waals surface area contributed by atoms with Crippen molar-refractivity contribution in [2.45, 2.75) is 102 Å². The van der Waals surface area contributed by atoms with Gasteiger partial charge in [-0.3, -0.25) is 9.59 Å². The Morgan fingerprint density at radius 1 is 1.16 bits per heavy atom. The molecule has 11 nitrogen and oxygen atoms in total. The molecule has 0 unspecified atom stereocenters. The van der Waals surface area contributed by atoms with Gasteiger partial charge in [-0.25, -0.2) is 4.79 Å². The number of hydrogen-bond acceptors (Lipinski definition) is 11. The number of aliphatic hydroxyl groups is 4. The first kappa shape index (κ1) is 37.8. The molecule has 4 aliphatic rings. The van der Waals surface area contributed by atoms with Gasteiger partial charge in [0.05, 0.1) is 24.9 Å². The van der Waals surface area contributed by atoms with Gasteiger partial charge >= 0.3 is 11.9 Å². The second-order valence-corrected chi connectivity index (χ2v) is 12.8. The van der Waals surface area contributed by atoms with Gasteiger partial charge in [0.2, 0.25) is 0 Å². The summed E-state index contributed by atoms with van der Waals surface area (Å²) in [5.74, 6) is -4.71. The molecule has 1 saturated heterocycles. The summed E-state index contributed by atoms with van der Waals surface area (Å²) < 4.78 is 22.3. The zero-order valence-corrected chi connectivity index (χ0v) is 34.5. The van der Waals surface area contributed by atoms with Crippen LogP contribution in [0.15, 0.2) is 34.0 Å². The number of ether oxygens (including phenoxy) is 3. The molecule has 1 aromatic rings. The third-order valence-electron chi connectivity index (χ3n) is 10.2. The molecular formula is C30H38Ac2O11. The Hall–Kier alpha value is 0.313. The van der Waals surface area contributed by atoms with Crippen molar-refractivity contribution >= 4 is 17.7 Å². The number of fused-ring (bicyclic) bond motifs is 5. The van der Waals surface area contributed by atoms with E-state index in [2.05, 4.69) is 0 Å². The van der Waals surface area contributed by atoms with Crippen molar-refractivity contribution in [2.75, 3.05) is 6.61 Å². The van der Waals surface area contributed by atoms with Crippen LogP contribution in [0.4, 0.5) is 0 Å². The minimum atomic E-state index is -2.05. The molecule has 5 rings (SSSR count). The normalized spacial score (nSPS) is 39.2. The molecule has 1 aromatic heterocycles. The summed E-state index contributed by atoms with van der Waals surface area (Å²) in [6.45, 7) is 13.4. The first-order valence-corrected chi connectivity index (χ1v) is 13.9. The van der Waals surface area contributed by atoms with Crippen LogP contribution in [0.25, 0.3) is 0 Å². The minimum Gasteiger partial charge on any atom is -0.469 e. The van der Waals surface area contributed by atoms with Gasteiger partial charge in [0.15, 0.2) is 11.9 Å². The maximum Gasteiger partial charge on any atom is 0.336 e. The molecule has 2 heterocycles. The molecule has 10 atom stereocenters. The standard InChI is InChI=1S/C30H38O11.2Ac/c1-14-18(41-26(35)21(32)15(2)17-8-7-11-38-17)12-30(37)25(40-16(3)31)23-28(6,10-9-19-29(23,36)13-39-19)24(34)22(33)20(14)27(30,4)5;;/h2,7-8,11,15,18-19,21-23,25,32-33,36-37H,9-10,12-13H2,1,3-6H3;;/t15-,18-,19+,21+,22+,23-,25-,28+,29-,30+;;/m0../s1. The fourth-order valence-corrected chi connectivity index (χ4v) is 7.81. The smallest absolute Gasteiger partial charge is 0.336 e. The number of aliphatic hydroxyl groups excluding tert-OH is 2. The molecule has 0 aromatic carbocycles. The van der Waals surface area contributed by atoms with Gasteiger partial charge in [0.1, 0.15) is 35.3 Å². The fraction of sp³-hybridized carbons (Fsp3) is 0.667. The van der Waals surface area contributed by atoms with Gasteiger partial charge in [-0.2, -0.15) is 0 Å². The van der Waals surface area contributed by atoms with Crippen molar-refractivity contribution < 1.29 is 142 Å². The summed E-state index contributed by atoms with van der Waals surface area (Å²) in [7, 11) is 0. The molecular weight excluding hydrogens is 990 g/mol. The second-order valence-electron chi connectivity index (χ2n) is 12.8. The predicted molar refractivity (Wildman–Crippen MR) is 140 cm³/mol. The first-order valence-electron chi connectivity index (χ1n) is 13.9. The van der Waals surface area contributed by atoms with E-state index in [-0.39, 0.29) is 119 Å². The van der Waals surface area contributed by atoms with Crippen LogP contribution in [0, 0.1) is 112 Å². The Morgan fingerprint density at radius 2 is 1.81 bits per heavy atom. The van der Waals surface area contributed by atoms with E-state index in [4.69, 9.17) is 25.6 Å². The largest absolute Gasteiger partial charge is 0.469 e. The molecule has 3 fully saturated rings. The Balaban J connectivity index is 0.00000253. The van der Waals surface area contributed by atoms with Crippen molar-refractivity contribution in [3.05, 3.63) is 42.2 Å². The SMILES string of the molecule is [Ac].[Ac].[CH][C@@H](c1ccco1)[C@@H](O)C(=O)O[C@H]1C[C@@]2(O)[C@@H](OC(C)=O)[C@@H]3[C@]4(O)CO[C@@H]4CC[C@@]3(C)C(=O)[C@H](O)C(=C1C)C2(C)C. The summed E-state index contributed by atoms with van der Waals surface area (Å²) in [6, 6.07) is 3.04. The van der Waals surface area contributed by atoms with Gasteiger partial charge < -0.3 is 39.1 Å². The van der Waals surface area contributed by atoms with Gasteiger partial charge in [-0.15, -0.1) is 0 Å². The van der Waals surface area contributed by atoms with Crippen LogP contribution < -0.4 is 0 Å². The van der Waals surface area contributed by atoms with Gasteiger partial charge in [-0.05, 0) is 50.0 Å². The van der Waals surface area contributed by atoms with Crippen LogP contribution in [0.2, 0.25) is 0 Å². The summed E-state index contributed by atoms with van der Waals surface area (Å²) >= 11 is 0. The first-order chi connectivity index (χ1) is 19.0. The van der Waals surface area contributed by atoms with Crippen LogP contribution in [0.3, 0.4) is 0 Å². The number of carbonyl (C=O) groups excluding carboxylic acids is 3. The van der Waals surface area contributed by atoms with Crippen LogP contribution in [-0.2, 0) is 28.6 Å². The van der Waals surface area contributed by atoms with Crippen molar-refractivity contribution in [3.8, 4) is 0 Å². The van der Waals surface area contributed by atoms with E-state index in [1.165, 1.54) is 19.3 Å². The number of Topliss-reactive ketones (excluding diaryl/α,β-unsaturated/α-hetero) is 1. The Labute approximate surface area is 322 Å². The van der Waals surface area contributed by atoms with E-state index >= 15 is 0 Å². The Morgan fingerprint density at radius 3 is 2.35 bits per heavy atom. The topological polar surface area (TPSA) is 173 Å². The maximum absolute atomic E-state index is 14.2. The van der Waals surface area contributed by atoms with Crippen molar-refractivity contribution in [1.29, 1.82) is 0 Å². The summed E-state index contributed by atoms with van der Waals surface area (Å²) in [5.41, 5.74) is -6.02. The summed E-state index contributed by atoms with van der Waals surface area (Å²) in [4.78, 5) is 39.8. The van der Waals surface area contributed by atoms with E-state index in [1.54, 1.807) is 33.8 Å². The molecule has 43 heavy (non-hydrogen) atoms. The maximum atomic E-state index is 14.2. The average molecular weight is 1030 g/mol. The van der Waals surface area contributed by atoms with Crippen molar-refractivity contribution in [3.63, 3.8) is 0 Å². The molecule has 1 aliphatic heterocycles. The van der Waals surface area contributed by atoms with E-state index in [0.29, 0.717) is 12.0 Å². The number of rotatable bonds is 5. The van der Waals surface area contributed by atoms with Crippen molar-refractivity contribution in [2.24, 2.45) is 16.7 Å². The van der Waals surface area contributed by atoms with Crippen LogP contribution in [-0.4, -0.2) is 86.5 Å². The van der Waals surface area contributed by atoms with E-state index in [9.17, 15) is 34.8 Å². The van der Waals surface area contributed by atoms with Crippen LogP contribution in [0.5, 0.6) is 0 Å². The van der Waals surface area contributed by atoms with Crippen LogP contribution in [0.1, 0.15) is 65.6 Å². The van der Waals surface area contributed by atoms with Gasteiger partial charge in [0, 0.05) is 118 Å². The molecule has 2 saturated carbocycles. The summed E-state index contributed by atoms with van der Waals surface area (Å²) in [6.07, 6.45) is -5.33. The third-order valence-corrected chi connectivity index (χ3v) is 10.2. The molecule has 4 radical (unpaired) electrons. The van der Waals surface area contributed by atoms with E-state index < -0.39 is 82.1 Å². The van der Waals surface area contributed by atoms with Crippen molar-refractivity contribution in [1.82, 2.24) is 0 Å². The number of hydrogen-bond donors (Lipinski definition) is 4. The molecule has 0 spiro atoms. The fourth-order valence-electron chi connectivity index (χ4n) is 7.81. The number of carbonyl (C=O) groups is 3. The molecule has 2 bridgehead atoms. The Kier molecular flexibility index (Phi) is 11.5.